The standard InChI is InChI=1S/C13H30N2O/c1-6-7-14-13(4)11-15(8-9-16-5)10-12(2)3/h12-14H,6-11H2,1-5H3. The van der Waals surface area contributed by atoms with Crippen LogP contribution in [-0.4, -0.2) is 50.8 Å². The molecular formula is C13H30N2O. The van der Waals surface area contributed by atoms with Crippen LogP contribution in [0.2, 0.25) is 0 Å². The molecule has 0 rings (SSSR count). The maximum atomic E-state index is 5.15. The molecule has 0 radical (unpaired) electrons. The van der Waals surface area contributed by atoms with Gasteiger partial charge in [-0.2, -0.15) is 0 Å². The molecule has 1 N–H and O–H groups in total. The Morgan fingerprint density at radius 1 is 1.19 bits per heavy atom. The van der Waals surface area contributed by atoms with Crippen LogP contribution in [0.4, 0.5) is 0 Å². The Bertz CT molecular complexity index is 151. The minimum Gasteiger partial charge on any atom is -0.383 e. The molecule has 3 heteroatoms. The Balaban J connectivity index is 3.87. The van der Waals surface area contributed by atoms with Crippen LogP contribution in [0.1, 0.15) is 34.1 Å². The highest BCUT2D eigenvalue weighted by molar-refractivity contribution is 4.68. The van der Waals surface area contributed by atoms with Crippen LogP contribution in [-0.2, 0) is 4.74 Å². The van der Waals surface area contributed by atoms with E-state index in [9.17, 15) is 0 Å². The van der Waals surface area contributed by atoms with Gasteiger partial charge in [0.05, 0.1) is 6.61 Å². The first-order valence-corrected chi connectivity index (χ1v) is 6.54. The molecule has 0 fully saturated rings. The number of hydrogen-bond donors (Lipinski definition) is 1. The molecule has 1 atom stereocenters. The lowest BCUT2D eigenvalue weighted by Crippen LogP contribution is -2.42. The van der Waals surface area contributed by atoms with Gasteiger partial charge in [0, 0.05) is 32.8 Å². The maximum absolute atomic E-state index is 5.15. The highest BCUT2D eigenvalue weighted by Crippen LogP contribution is 2.00. The smallest absolute Gasteiger partial charge is 0.0589 e. The van der Waals surface area contributed by atoms with Crippen LogP contribution < -0.4 is 5.32 Å². The second-order valence-corrected chi connectivity index (χ2v) is 5.00. The molecule has 0 spiro atoms. The quantitative estimate of drug-likeness (QED) is 0.621. The summed E-state index contributed by atoms with van der Waals surface area (Å²) >= 11 is 0. The number of methoxy groups -OCH3 is 1. The molecule has 0 aromatic rings. The van der Waals surface area contributed by atoms with Crippen molar-refractivity contribution >= 4 is 0 Å². The van der Waals surface area contributed by atoms with E-state index in [0.717, 1.165) is 38.7 Å². The number of nitrogens with zero attached hydrogens (tertiary/aromatic N) is 1. The third-order valence-electron chi connectivity index (χ3n) is 2.51. The van der Waals surface area contributed by atoms with E-state index in [1.165, 1.54) is 6.42 Å². The zero-order valence-electron chi connectivity index (χ0n) is 11.8. The van der Waals surface area contributed by atoms with E-state index in [-0.39, 0.29) is 0 Å². The molecule has 1 unspecified atom stereocenters. The van der Waals surface area contributed by atoms with Crippen molar-refractivity contribution in [1.29, 1.82) is 0 Å². The van der Waals surface area contributed by atoms with Crippen molar-refractivity contribution in [2.45, 2.75) is 40.2 Å². The van der Waals surface area contributed by atoms with Crippen LogP contribution in [0.5, 0.6) is 0 Å². The van der Waals surface area contributed by atoms with Gasteiger partial charge in [-0.1, -0.05) is 20.8 Å². The Hall–Kier alpha value is -0.120. The van der Waals surface area contributed by atoms with Gasteiger partial charge in [-0.05, 0) is 25.8 Å². The fourth-order valence-electron chi connectivity index (χ4n) is 1.84. The summed E-state index contributed by atoms with van der Waals surface area (Å²) < 4.78 is 5.15. The molecule has 0 bridgehead atoms. The predicted octanol–water partition coefficient (Wildman–Crippen LogP) is 1.98. The van der Waals surface area contributed by atoms with E-state index in [0.29, 0.717) is 6.04 Å². The lowest BCUT2D eigenvalue weighted by atomic mass is 10.2. The molecule has 0 aliphatic carbocycles. The Morgan fingerprint density at radius 3 is 2.38 bits per heavy atom. The normalized spacial score (nSPS) is 13.7. The second-order valence-electron chi connectivity index (χ2n) is 5.00. The Kier molecular flexibility index (Phi) is 9.99. The lowest BCUT2D eigenvalue weighted by Gasteiger charge is -2.27. The van der Waals surface area contributed by atoms with Crippen molar-refractivity contribution in [3.8, 4) is 0 Å². The first-order chi connectivity index (χ1) is 7.60. The molecule has 0 saturated carbocycles. The van der Waals surface area contributed by atoms with E-state index in [1.54, 1.807) is 7.11 Å². The number of rotatable bonds is 10. The van der Waals surface area contributed by atoms with Crippen molar-refractivity contribution in [2.24, 2.45) is 5.92 Å². The molecular weight excluding hydrogens is 200 g/mol. The number of ether oxygens (including phenoxy) is 1. The van der Waals surface area contributed by atoms with Gasteiger partial charge in [0.2, 0.25) is 0 Å². The number of hydrogen-bond acceptors (Lipinski definition) is 3. The van der Waals surface area contributed by atoms with Crippen molar-refractivity contribution in [2.75, 3.05) is 39.9 Å². The lowest BCUT2D eigenvalue weighted by molar-refractivity contribution is 0.134. The molecule has 98 valence electrons. The van der Waals surface area contributed by atoms with Gasteiger partial charge >= 0.3 is 0 Å². The van der Waals surface area contributed by atoms with Gasteiger partial charge in [0.15, 0.2) is 0 Å². The molecule has 0 saturated heterocycles. The summed E-state index contributed by atoms with van der Waals surface area (Å²) in [6.07, 6.45) is 1.20. The predicted molar refractivity (Wildman–Crippen MR) is 70.9 cm³/mol. The minimum absolute atomic E-state index is 0.565. The minimum atomic E-state index is 0.565. The highest BCUT2D eigenvalue weighted by Gasteiger charge is 2.10. The first-order valence-electron chi connectivity index (χ1n) is 6.54. The maximum Gasteiger partial charge on any atom is 0.0589 e. The average molecular weight is 230 g/mol. The molecule has 16 heavy (non-hydrogen) atoms. The van der Waals surface area contributed by atoms with Crippen LogP contribution in [0, 0.1) is 5.92 Å². The zero-order valence-corrected chi connectivity index (χ0v) is 11.8. The van der Waals surface area contributed by atoms with Crippen LogP contribution in [0.3, 0.4) is 0 Å². The van der Waals surface area contributed by atoms with E-state index in [4.69, 9.17) is 4.74 Å². The summed E-state index contributed by atoms with van der Waals surface area (Å²) in [6.45, 7) is 14.2. The number of nitrogens with one attached hydrogen (secondary N) is 1. The highest BCUT2D eigenvalue weighted by atomic mass is 16.5. The van der Waals surface area contributed by atoms with Gasteiger partial charge < -0.3 is 10.1 Å². The van der Waals surface area contributed by atoms with E-state index in [1.807, 2.05) is 0 Å². The van der Waals surface area contributed by atoms with Crippen molar-refractivity contribution in [3.63, 3.8) is 0 Å². The summed E-state index contributed by atoms with van der Waals surface area (Å²) in [5.41, 5.74) is 0. The van der Waals surface area contributed by atoms with E-state index in [2.05, 4.69) is 37.9 Å². The average Bonchev–Trinajstić information content (AvgIpc) is 2.22. The topological polar surface area (TPSA) is 24.5 Å². The SMILES string of the molecule is CCCNC(C)CN(CCOC)CC(C)C. The molecule has 0 aromatic heterocycles. The molecule has 0 amide bonds. The summed E-state index contributed by atoms with van der Waals surface area (Å²) in [4.78, 5) is 2.49. The molecule has 0 heterocycles. The van der Waals surface area contributed by atoms with Gasteiger partial charge in [-0.3, -0.25) is 4.90 Å². The molecule has 0 aliphatic heterocycles. The third-order valence-corrected chi connectivity index (χ3v) is 2.51. The third kappa shape index (κ3) is 9.13. The van der Waals surface area contributed by atoms with Crippen LogP contribution in [0.15, 0.2) is 0 Å². The monoisotopic (exact) mass is 230 g/mol. The summed E-state index contributed by atoms with van der Waals surface area (Å²) in [5, 5.41) is 3.53. The summed E-state index contributed by atoms with van der Waals surface area (Å²) in [5.74, 6) is 0.718. The molecule has 0 aromatic carbocycles. The van der Waals surface area contributed by atoms with Crippen molar-refractivity contribution in [3.05, 3.63) is 0 Å². The zero-order chi connectivity index (χ0) is 12.4. The fourth-order valence-corrected chi connectivity index (χ4v) is 1.84. The Labute approximate surface area is 102 Å². The summed E-state index contributed by atoms with van der Waals surface area (Å²) in [6, 6.07) is 0.565. The largest absolute Gasteiger partial charge is 0.383 e. The van der Waals surface area contributed by atoms with Gasteiger partial charge in [-0.25, -0.2) is 0 Å². The fraction of sp³-hybridized carbons (Fsp3) is 1.00. The van der Waals surface area contributed by atoms with Crippen LogP contribution >= 0.6 is 0 Å². The van der Waals surface area contributed by atoms with E-state index >= 15 is 0 Å². The molecule has 0 aliphatic rings. The Morgan fingerprint density at radius 2 is 1.88 bits per heavy atom. The van der Waals surface area contributed by atoms with Gasteiger partial charge in [0.25, 0.3) is 0 Å². The van der Waals surface area contributed by atoms with E-state index < -0.39 is 0 Å². The van der Waals surface area contributed by atoms with Crippen molar-refractivity contribution in [1.82, 2.24) is 10.2 Å². The summed E-state index contributed by atoms with van der Waals surface area (Å²) in [7, 11) is 1.77. The second kappa shape index (κ2) is 10.1. The van der Waals surface area contributed by atoms with Gasteiger partial charge in [0.1, 0.15) is 0 Å². The van der Waals surface area contributed by atoms with Gasteiger partial charge in [-0.15, -0.1) is 0 Å². The van der Waals surface area contributed by atoms with Crippen LogP contribution in [0.25, 0.3) is 0 Å². The molecule has 3 nitrogen and oxygen atoms in total. The first kappa shape index (κ1) is 15.9. The van der Waals surface area contributed by atoms with Crippen molar-refractivity contribution < 1.29 is 4.74 Å².